The number of likely N-dealkylation sites (tertiary alicyclic amines) is 1. The van der Waals surface area contributed by atoms with Gasteiger partial charge in [0.05, 0.1) is 0 Å². The molecule has 1 saturated carbocycles. The van der Waals surface area contributed by atoms with Crippen LogP contribution in [-0.2, 0) is 4.79 Å². The maximum Gasteiger partial charge on any atom is 0.406 e. The van der Waals surface area contributed by atoms with Crippen molar-refractivity contribution in [1.82, 2.24) is 4.90 Å². The lowest BCUT2D eigenvalue weighted by molar-refractivity contribution is -0.227. The summed E-state index contributed by atoms with van der Waals surface area (Å²) in [6.45, 7) is -0.132. The molecule has 98 valence electrons. The monoisotopic (exact) mass is 251 g/mol. The molecule has 0 amide bonds. The molecule has 2 aliphatic rings. The minimum absolute atomic E-state index is 0.151. The van der Waals surface area contributed by atoms with E-state index in [2.05, 4.69) is 0 Å². The van der Waals surface area contributed by atoms with Crippen LogP contribution in [0.25, 0.3) is 0 Å². The minimum Gasteiger partial charge on any atom is -0.481 e. The molecule has 1 aliphatic heterocycles. The molecule has 1 unspecified atom stereocenters. The quantitative estimate of drug-likeness (QED) is 0.818. The number of carboxylic acid groups (broad SMARTS) is 1. The van der Waals surface area contributed by atoms with Crippen LogP contribution in [0.1, 0.15) is 32.1 Å². The first-order chi connectivity index (χ1) is 7.87. The molecule has 1 aliphatic carbocycles. The minimum atomic E-state index is -4.66. The number of aliphatic carboxylic acids is 1. The number of nitrogens with zero attached hydrogens (tertiary/aromatic N) is 1. The molecule has 3 nitrogen and oxygen atoms in total. The second-order valence-electron chi connectivity index (χ2n) is 5.04. The summed E-state index contributed by atoms with van der Waals surface area (Å²) in [5, 5.41) is 8.91. The van der Waals surface area contributed by atoms with Crippen LogP contribution in [0.15, 0.2) is 0 Å². The van der Waals surface area contributed by atoms with E-state index in [0.717, 1.165) is 25.7 Å². The van der Waals surface area contributed by atoms with E-state index in [-0.39, 0.29) is 25.6 Å². The van der Waals surface area contributed by atoms with Crippen molar-refractivity contribution in [2.45, 2.75) is 44.3 Å². The van der Waals surface area contributed by atoms with E-state index >= 15 is 0 Å². The Morgan fingerprint density at radius 2 is 1.88 bits per heavy atom. The molecule has 6 heteroatoms. The first-order valence-electron chi connectivity index (χ1n) is 5.91. The van der Waals surface area contributed by atoms with Crippen LogP contribution in [-0.4, -0.2) is 41.3 Å². The summed E-state index contributed by atoms with van der Waals surface area (Å²) >= 11 is 0. The molecule has 0 aromatic rings. The molecule has 0 radical (unpaired) electrons. The van der Waals surface area contributed by atoms with Gasteiger partial charge in [-0.05, 0) is 25.8 Å². The van der Waals surface area contributed by atoms with Crippen molar-refractivity contribution in [1.29, 1.82) is 0 Å². The zero-order chi connectivity index (χ0) is 12.7. The van der Waals surface area contributed by atoms with Gasteiger partial charge in [0, 0.05) is 12.6 Å². The highest BCUT2D eigenvalue weighted by Crippen LogP contribution is 2.47. The van der Waals surface area contributed by atoms with Gasteiger partial charge in [0.15, 0.2) is 5.41 Å². The van der Waals surface area contributed by atoms with Crippen LogP contribution >= 0.6 is 0 Å². The molecule has 1 heterocycles. The van der Waals surface area contributed by atoms with Crippen LogP contribution in [0.4, 0.5) is 13.2 Å². The number of hydrogen-bond acceptors (Lipinski definition) is 2. The normalized spacial score (nSPS) is 32.2. The van der Waals surface area contributed by atoms with Gasteiger partial charge in [0.2, 0.25) is 0 Å². The van der Waals surface area contributed by atoms with Gasteiger partial charge in [-0.25, -0.2) is 0 Å². The lowest BCUT2D eigenvalue weighted by Crippen LogP contribution is -2.48. The van der Waals surface area contributed by atoms with E-state index in [9.17, 15) is 18.0 Å². The summed E-state index contributed by atoms with van der Waals surface area (Å²) in [6, 6.07) is 0.151. The molecule has 2 rings (SSSR count). The highest BCUT2D eigenvalue weighted by molar-refractivity contribution is 5.76. The zero-order valence-electron chi connectivity index (χ0n) is 9.46. The van der Waals surface area contributed by atoms with Crippen molar-refractivity contribution < 1.29 is 23.1 Å². The van der Waals surface area contributed by atoms with Gasteiger partial charge in [-0.15, -0.1) is 0 Å². The largest absolute Gasteiger partial charge is 0.481 e. The Hall–Kier alpha value is -0.780. The number of hydrogen-bond donors (Lipinski definition) is 1. The molecule has 0 aromatic heterocycles. The summed E-state index contributed by atoms with van der Waals surface area (Å²) in [5.74, 6) is -1.73. The van der Waals surface area contributed by atoms with Crippen molar-refractivity contribution in [3.8, 4) is 0 Å². The summed E-state index contributed by atoms with van der Waals surface area (Å²) in [5.41, 5.74) is -2.55. The smallest absolute Gasteiger partial charge is 0.406 e. The zero-order valence-corrected chi connectivity index (χ0v) is 9.46. The third-order valence-corrected chi connectivity index (χ3v) is 4.09. The second kappa shape index (κ2) is 4.15. The predicted octanol–water partition coefficient (Wildman–Crippen LogP) is 2.27. The van der Waals surface area contributed by atoms with Crippen LogP contribution in [0.2, 0.25) is 0 Å². The summed E-state index contributed by atoms with van der Waals surface area (Å²) in [4.78, 5) is 12.7. The first kappa shape index (κ1) is 12.7. The molecular formula is C11H16F3NO2. The highest BCUT2D eigenvalue weighted by Gasteiger charge is 2.64. The van der Waals surface area contributed by atoms with Crippen LogP contribution in [0, 0.1) is 5.41 Å². The first-order valence-corrected chi connectivity index (χ1v) is 5.91. The van der Waals surface area contributed by atoms with E-state index in [1.807, 2.05) is 0 Å². The van der Waals surface area contributed by atoms with Crippen molar-refractivity contribution in [3.05, 3.63) is 0 Å². The topological polar surface area (TPSA) is 40.5 Å². The third-order valence-electron chi connectivity index (χ3n) is 4.09. The van der Waals surface area contributed by atoms with Crippen LogP contribution in [0.3, 0.4) is 0 Å². The Morgan fingerprint density at radius 3 is 2.29 bits per heavy atom. The molecule has 0 bridgehead atoms. The molecule has 0 spiro atoms. The Labute approximate surface area is 97.6 Å². The summed E-state index contributed by atoms with van der Waals surface area (Å²) in [7, 11) is 0. The van der Waals surface area contributed by atoms with Gasteiger partial charge in [0.1, 0.15) is 0 Å². The van der Waals surface area contributed by atoms with Gasteiger partial charge in [-0.2, -0.15) is 13.2 Å². The fourth-order valence-electron chi connectivity index (χ4n) is 2.95. The van der Waals surface area contributed by atoms with Crippen molar-refractivity contribution >= 4 is 5.97 Å². The average molecular weight is 251 g/mol. The number of halogens is 3. The van der Waals surface area contributed by atoms with E-state index in [0.29, 0.717) is 0 Å². The Balaban J connectivity index is 2.14. The number of carboxylic acids is 1. The number of alkyl halides is 3. The van der Waals surface area contributed by atoms with Crippen LogP contribution in [0.5, 0.6) is 0 Å². The SMILES string of the molecule is O=C(O)C1(C(F)(F)F)CCN(C2CCCC2)C1. The van der Waals surface area contributed by atoms with Gasteiger partial charge in [0.25, 0.3) is 0 Å². The Kier molecular flexibility index (Phi) is 3.10. The lowest BCUT2D eigenvalue weighted by atomic mass is 9.86. The summed E-state index contributed by atoms with van der Waals surface area (Å²) in [6.07, 6.45) is -1.11. The van der Waals surface area contributed by atoms with Crippen molar-refractivity contribution in [2.24, 2.45) is 5.41 Å². The van der Waals surface area contributed by atoms with E-state index in [4.69, 9.17) is 5.11 Å². The molecule has 17 heavy (non-hydrogen) atoms. The Morgan fingerprint density at radius 1 is 1.29 bits per heavy atom. The van der Waals surface area contributed by atoms with E-state index < -0.39 is 17.6 Å². The van der Waals surface area contributed by atoms with Crippen molar-refractivity contribution in [3.63, 3.8) is 0 Å². The molecule has 1 atom stereocenters. The maximum atomic E-state index is 12.9. The fourth-order valence-corrected chi connectivity index (χ4v) is 2.95. The number of carbonyl (C=O) groups is 1. The third kappa shape index (κ3) is 2.03. The Bertz CT molecular complexity index is 312. The van der Waals surface area contributed by atoms with Crippen molar-refractivity contribution in [2.75, 3.05) is 13.1 Å². The predicted molar refractivity (Wildman–Crippen MR) is 54.6 cm³/mol. The average Bonchev–Trinajstić information content (AvgIpc) is 2.86. The van der Waals surface area contributed by atoms with E-state index in [1.54, 1.807) is 4.90 Å². The molecule has 1 saturated heterocycles. The van der Waals surface area contributed by atoms with Gasteiger partial charge in [-0.1, -0.05) is 12.8 Å². The highest BCUT2D eigenvalue weighted by atomic mass is 19.4. The van der Waals surface area contributed by atoms with Crippen LogP contribution < -0.4 is 0 Å². The second-order valence-corrected chi connectivity index (χ2v) is 5.04. The molecular weight excluding hydrogens is 235 g/mol. The van der Waals surface area contributed by atoms with E-state index in [1.165, 1.54) is 0 Å². The van der Waals surface area contributed by atoms with Gasteiger partial charge < -0.3 is 5.11 Å². The van der Waals surface area contributed by atoms with Gasteiger partial charge >= 0.3 is 12.1 Å². The lowest BCUT2D eigenvalue weighted by Gasteiger charge is -2.29. The number of rotatable bonds is 2. The standard InChI is InChI=1S/C11H16F3NO2/c12-11(13,14)10(9(16)17)5-6-15(7-10)8-3-1-2-4-8/h8H,1-7H2,(H,16,17). The van der Waals surface area contributed by atoms with Gasteiger partial charge in [-0.3, -0.25) is 9.69 Å². The maximum absolute atomic E-state index is 12.9. The molecule has 1 N–H and O–H groups in total. The molecule has 2 fully saturated rings. The molecule has 0 aromatic carbocycles. The fraction of sp³-hybridized carbons (Fsp3) is 0.909. The summed E-state index contributed by atoms with van der Waals surface area (Å²) < 4.78 is 38.8.